The smallest absolute Gasteiger partial charge is 0.219 e. The highest BCUT2D eigenvalue weighted by atomic mass is 16.2. The van der Waals surface area contributed by atoms with Crippen molar-refractivity contribution in [1.29, 1.82) is 0 Å². The van der Waals surface area contributed by atoms with Gasteiger partial charge >= 0.3 is 0 Å². The fourth-order valence-electron chi connectivity index (χ4n) is 5.43. The number of unbranched alkanes of at least 4 members (excludes halogenated alkanes) is 19. The number of amides is 2. The van der Waals surface area contributed by atoms with Gasteiger partial charge in [-0.25, -0.2) is 0 Å². The lowest BCUT2D eigenvalue weighted by atomic mass is 10.1. The zero-order valence-corrected chi connectivity index (χ0v) is 30.6. The number of nitrogens with one attached hydrogen (secondary N) is 2. The van der Waals surface area contributed by atoms with Gasteiger partial charge in [-0.3, -0.25) is 9.59 Å². The summed E-state index contributed by atoms with van der Waals surface area (Å²) in [5, 5.41) is 6.15. The number of rotatable bonds is 35. The lowest BCUT2D eigenvalue weighted by molar-refractivity contribution is -0.122. The second-order valence-electron chi connectivity index (χ2n) is 13.1. The van der Waals surface area contributed by atoms with Gasteiger partial charge in [0.25, 0.3) is 0 Å². The lowest BCUT2D eigenvalue weighted by Crippen LogP contribution is -2.24. The molecule has 0 aliphatic heterocycles. The van der Waals surface area contributed by atoms with Crippen LogP contribution < -0.4 is 10.6 Å². The van der Waals surface area contributed by atoms with E-state index in [4.69, 9.17) is 0 Å². The second kappa shape index (κ2) is 39.1. The minimum atomic E-state index is 0.200. The Morgan fingerprint density at radius 2 is 0.674 bits per heavy atom. The summed E-state index contributed by atoms with van der Waals surface area (Å²) in [7, 11) is 0. The highest BCUT2D eigenvalue weighted by Crippen LogP contribution is 2.10. The molecule has 0 aromatic rings. The first-order valence-corrected chi connectivity index (χ1v) is 19.8. The Balaban J connectivity index is 3.35. The third-order valence-corrected chi connectivity index (χ3v) is 8.46. The molecule has 0 aromatic heterocycles. The first-order valence-electron chi connectivity index (χ1n) is 19.8. The standard InChI is InChI=1S/C42H76N2O2/c1-3-5-7-9-11-13-15-17-19-21-23-25-27-29-33-37-41(45)43-39-35-31-32-36-40-44-42(46)38-34-30-28-26-24-22-20-18-16-14-12-10-8-6-4-2/h11-14,17-20H,3-10,15-16,21-40H2,1-2H3,(H,43,45)(H,44,46)/b13-11-,14-12-,19-17-,20-18-. The summed E-state index contributed by atoms with van der Waals surface area (Å²) in [6.45, 7) is 6.05. The Morgan fingerprint density at radius 3 is 1.04 bits per heavy atom. The summed E-state index contributed by atoms with van der Waals surface area (Å²) in [5.74, 6) is 0.400. The van der Waals surface area contributed by atoms with Gasteiger partial charge in [-0.2, -0.15) is 0 Å². The van der Waals surface area contributed by atoms with Crippen LogP contribution in [0.15, 0.2) is 48.6 Å². The maximum absolute atomic E-state index is 12.1. The summed E-state index contributed by atoms with van der Waals surface area (Å²) in [6, 6.07) is 0. The molecular weight excluding hydrogens is 564 g/mol. The molecule has 0 unspecified atom stereocenters. The van der Waals surface area contributed by atoms with Crippen LogP contribution in [0.4, 0.5) is 0 Å². The van der Waals surface area contributed by atoms with Gasteiger partial charge in [0.2, 0.25) is 11.8 Å². The summed E-state index contributed by atoms with van der Waals surface area (Å²) in [4.78, 5) is 24.1. The highest BCUT2D eigenvalue weighted by molar-refractivity contribution is 5.76. The molecule has 4 nitrogen and oxygen atoms in total. The highest BCUT2D eigenvalue weighted by Gasteiger charge is 2.02. The Labute approximate surface area is 286 Å². The van der Waals surface area contributed by atoms with Crippen molar-refractivity contribution < 1.29 is 9.59 Å². The van der Waals surface area contributed by atoms with Gasteiger partial charge in [0.15, 0.2) is 0 Å². The summed E-state index contributed by atoms with van der Waals surface area (Å²) >= 11 is 0. The Hall–Kier alpha value is -2.10. The molecule has 0 aliphatic carbocycles. The number of hydrogen-bond donors (Lipinski definition) is 2. The van der Waals surface area contributed by atoms with Gasteiger partial charge in [0, 0.05) is 25.9 Å². The van der Waals surface area contributed by atoms with Gasteiger partial charge in [0.1, 0.15) is 0 Å². The number of carbonyl (C=O) groups is 2. The SMILES string of the molecule is CCCCC/C=C\C/C=C\CCCCCCCC(=O)NCCCCCCNC(=O)CCCCCCC/C=C\C/C=C\CCCCC. The Bertz CT molecular complexity index is 704. The molecule has 0 radical (unpaired) electrons. The van der Waals surface area contributed by atoms with E-state index in [-0.39, 0.29) is 11.8 Å². The van der Waals surface area contributed by atoms with Gasteiger partial charge in [-0.05, 0) is 89.9 Å². The number of allylic oxidation sites excluding steroid dienone is 8. The molecule has 46 heavy (non-hydrogen) atoms. The molecular formula is C42H76N2O2. The second-order valence-corrected chi connectivity index (χ2v) is 13.1. The van der Waals surface area contributed by atoms with Crippen LogP contribution in [-0.2, 0) is 9.59 Å². The van der Waals surface area contributed by atoms with Crippen LogP contribution in [0.2, 0.25) is 0 Å². The molecule has 0 spiro atoms. The van der Waals surface area contributed by atoms with Crippen molar-refractivity contribution in [1.82, 2.24) is 10.6 Å². The van der Waals surface area contributed by atoms with Gasteiger partial charge in [-0.1, -0.05) is 140 Å². The number of hydrogen-bond acceptors (Lipinski definition) is 2. The van der Waals surface area contributed by atoms with E-state index in [1.165, 1.54) is 103 Å². The van der Waals surface area contributed by atoms with Gasteiger partial charge in [-0.15, -0.1) is 0 Å². The van der Waals surface area contributed by atoms with Crippen LogP contribution in [0.1, 0.15) is 194 Å². The Morgan fingerprint density at radius 1 is 0.370 bits per heavy atom. The molecule has 0 atom stereocenters. The van der Waals surface area contributed by atoms with E-state index in [9.17, 15) is 9.59 Å². The molecule has 0 saturated carbocycles. The van der Waals surface area contributed by atoms with E-state index in [0.717, 1.165) is 77.3 Å². The zero-order chi connectivity index (χ0) is 33.4. The van der Waals surface area contributed by atoms with E-state index < -0.39 is 0 Å². The summed E-state index contributed by atoms with van der Waals surface area (Å²) in [5.41, 5.74) is 0. The minimum absolute atomic E-state index is 0.200. The molecule has 0 saturated heterocycles. The molecule has 2 N–H and O–H groups in total. The first kappa shape index (κ1) is 43.9. The van der Waals surface area contributed by atoms with Gasteiger partial charge < -0.3 is 10.6 Å². The topological polar surface area (TPSA) is 58.2 Å². The van der Waals surface area contributed by atoms with Crippen molar-refractivity contribution in [3.8, 4) is 0 Å². The van der Waals surface area contributed by atoms with Crippen molar-refractivity contribution in [2.24, 2.45) is 0 Å². The molecule has 266 valence electrons. The number of carbonyl (C=O) groups excluding carboxylic acids is 2. The van der Waals surface area contributed by atoms with Crippen LogP contribution in [0.5, 0.6) is 0 Å². The van der Waals surface area contributed by atoms with Crippen LogP contribution in [0.3, 0.4) is 0 Å². The van der Waals surface area contributed by atoms with E-state index in [0.29, 0.717) is 12.8 Å². The van der Waals surface area contributed by atoms with E-state index in [1.54, 1.807) is 0 Å². The predicted octanol–water partition coefficient (Wildman–Crippen LogP) is 12.4. The van der Waals surface area contributed by atoms with Crippen LogP contribution in [0, 0.1) is 0 Å². The average Bonchev–Trinajstić information content (AvgIpc) is 3.05. The van der Waals surface area contributed by atoms with Crippen molar-refractivity contribution in [2.45, 2.75) is 194 Å². The molecule has 0 aromatic carbocycles. The van der Waals surface area contributed by atoms with E-state index in [2.05, 4.69) is 73.1 Å². The average molecular weight is 641 g/mol. The Kier molecular flexibility index (Phi) is 37.3. The third kappa shape index (κ3) is 38.1. The van der Waals surface area contributed by atoms with Crippen LogP contribution in [0.25, 0.3) is 0 Å². The predicted molar refractivity (Wildman–Crippen MR) is 203 cm³/mol. The van der Waals surface area contributed by atoms with Crippen molar-refractivity contribution in [3.63, 3.8) is 0 Å². The van der Waals surface area contributed by atoms with Crippen molar-refractivity contribution in [3.05, 3.63) is 48.6 Å². The largest absolute Gasteiger partial charge is 0.356 e. The summed E-state index contributed by atoms with van der Waals surface area (Å²) < 4.78 is 0. The van der Waals surface area contributed by atoms with Crippen LogP contribution in [-0.4, -0.2) is 24.9 Å². The van der Waals surface area contributed by atoms with Crippen molar-refractivity contribution >= 4 is 11.8 Å². The normalized spacial score (nSPS) is 12.0. The minimum Gasteiger partial charge on any atom is -0.356 e. The lowest BCUT2D eigenvalue weighted by Gasteiger charge is -2.07. The fourth-order valence-corrected chi connectivity index (χ4v) is 5.43. The molecule has 0 fully saturated rings. The third-order valence-electron chi connectivity index (χ3n) is 8.46. The molecule has 0 bridgehead atoms. The molecule has 4 heteroatoms. The zero-order valence-electron chi connectivity index (χ0n) is 30.6. The van der Waals surface area contributed by atoms with Gasteiger partial charge in [0.05, 0.1) is 0 Å². The molecule has 0 heterocycles. The maximum atomic E-state index is 12.1. The first-order chi connectivity index (χ1) is 22.7. The van der Waals surface area contributed by atoms with E-state index >= 15 is 0 Å². The molecule has 0 rings (SSSR count). The maximum Gasteiger partial charge on any atom is 0.219 e. The van der Waals surface area contributed by atoms with Crippen molar-refractivity contribution in [2.75, 3.05) is 13.1 Å². The summed E-state index contributed by atoms with van der Waals surface area (Å²) in [6.07, 6.45) is 50.6. The quantitative estimate of drug-likeness (QED) is 0.0535. The molecule has 2 amide bonds. The van der Waals surface area contributed by atoms with Crippen LogP contribution >= 0.6 is 0 Å². The molecule has 0 aliphatic rings. The van der Waals surface area contributed by atoms with E-state index in [1.807, 2.05) is 0 Å². The fraction of sp³-hybridized carbons (Fsp3) is 0.762. The monoisotopic (exact) mass is 641 g/mol.